The van der Waals surface area contributed by atoms with Gasteiger partial charge in [0, 0.05) is 30.1 Å². The van der Waals surface area contributed by atoms with Gasteiger partial charge in [-0.1, -0.05) is 55.8 Å². The summed E-state index contributed by atoms with van der Waals surface area (Å²) in [6.45, 7) is 7.58. The molecule has 5 heteroatoms. The third-order valence-corrected chi connectivity index (χ3v) is 5.29. The Bertz CT molecular complexity index is 804. The van der Waals surface area contributed by atoms with E-state index in [1.54, 1.807) is 16.8 Å². The summed E-state index contributed by atoms with van der Waals surface area (Å²) in [5, 5.41) is 8.09. The Morgan fingerprint density at radius 2 is 2.04 bits per heavy atom. The molecule has 2 aromatic rings. The summed E-state index contributed by atoms with van der Waals surface area (Å²) in [5.41, 5.74) is 3.06. The van der Waals surface area contributed by atoms with Crippen LogP contribution in [-0.2, 0) is 16.8 Å². The van der Waals surface area contributed by atoms with Gasteiger partial charge in [-0.25, -0.2) is 0 Å². The smallest absolute Gasteiger partial charge is 0.244 e. The van der Waals surface area contributed by atoms with Gasteiger partial charge in [-0.15, -0.1) is 0 Å². The van der Waals surface area contributed by atoms with E-state index in [0.717, 1.165) is 30.6 Å². The first-order chi connectivity index (χ1) is 12.4. The maximum absolute atomic E-state index is 12.3. The van der Waals surface area contributed by atoms with Crippen molar-refractivity contribution in [3.63, 3.8) is 0 Å². The lowest BCUT2D eigenvalue weighted by molar-refractivity contribution is -0.116. The van der Waals surface area contributed by atoms with Gasteiger partial charge in [0.25, 0.3) is 0 Å². The number of hydrogen-bond donors (Lipinski definition) is 1. The van der Waals surface area contributed by atoms with E-state index in [9.17, 15) is 4.79 Å². The van der Waals surface area contributed by atoms with Crippen LogP contribution in [-0.4, -0.2) is 22.2 Å². The van der Waals surface area contributed by atoms with Crippen molar-refractivity contribution in [1.29, 1.82) is 0 Å². The summed E-state index contributed by atoms with van der Waals surface area (Å²) in [6.07, 6.45) is 5.55. The molecule has 0 bridgehead atoms. The number of rotatable bonds is 7. The fraction of sp³-hybridized carbons (Fsp3) is 0.429. The molecule has 26 heavy (non-hydrogen) atoms. The highest BCUT2D eigenvalue weighted by molar-refractivity contribution is 6.31. The largest absolute Gasteiger partial charge is 0.352 e. The van der Waals surface area contributed by atoms with Crippen LogP contribution in [0.15, 0.2) is 36.4 Å². The number of hydrogen-bond acceptors (Lipinski definition) is 2. The van der Waals surface area contributed by atoms with Crippen LogP contribution < -0.4 is 5.32 Å². The van der Waals surface area contributed by atoms with Crippen molar-refractivity contribution in [2.45, 2.75) is 45.6 Å². The number of nitrogens with zero attached hydrogens (tertiary/aromatic N) is 2. The summed E-state index contributed by atoms with van der Waals surface area (Å²) in [4.78, 5) is 12.3. The van der Waals surface area contributed by atoms with Crippen LogP contribution in [0.4, 0.5) is 0 Å². The highest BCUT2D eigenvalue weighted by Crippen LogP contribution is 2.47. The van der Waals surface area contributed by atoms with Gasteiger partial charge in [0.05, 0.1) is 5.69 Å². The molecule has 0 atom stereocenters. The van der Waals surface area contributed by atoms with Crippen molar-refractivity contribution in [3.8, 4) is 0 Å². The molecule has 0 saturated heterocycles. The van der Waals surface area contributed by atoms with E-state index in [2.05, 4.69) is 48.5 Å². The number of aryl methyl sites for hydroxylation is 1. The van der Waals surface area contributed by atoms with Crippen LogP contribution in [0.5, 0.6) is 0 Å². The Kier molecular flexibility index (Phi) is 5.52. The molecule has 1 N–H and O–H groups in total. The van der Waals surface area contributed by atoms with Gasteiger partial charge in [-0.3, -0.25) is 9.48 Å². The zero-order valence-electron chi connectivity index (χ0n) is 15.6. The van der Waals surface area contributed by atoms with Gasteiger partial charge < -0.3 is 5.32 Å². The van der Waals surface area contributed by atoms with Crippen LogP contribution in [0.2, 0.25) is 5.15 Å². The lowest BCUT2D eigenvalue weighted by Crippen LogP contribution is -2.30. The van der Waals surface area contributed by atoms with Crippen LogP contribution in [0.25, 0.3) is 6.08 Å². The molecule has 0 unspecified atom stereocenters. The second-order valence-corrected chi connectivity index (χ2v) is 7.92. The van der Waals surface area contributed by atoms with Gasteiger partial charge in [-0.2, -0.15) is 5.10 Å². The number of amides is 1. The summed E-state index contributed by atoms with van der Waals surface area (Å²) in [7, 11) is 0. The molecule has 1 fully saturated rings. The summed E-state index contributed by atoms with van der Waals surface area (Å²) < 4.78 is 1.80. The van der Waals surface area contributed by atoms with Crippen LogP contribution in [0.3, 0.4) is 0 Å². The first kappa shape index (κ1) is 18.7. The quantitative estimate of drug-likeness (QED) is 0.735. The summed E-state index contributed by atoms with van der Waals surface area (Å²) in [6, 6.07) is 10.4. The maximum Gasteiger partial charge on any atom is 0.244 e. The van der Waals surface area contributed by atoms with E-state index in [4.69, 9.17) is 11.6 Å². The highest BCUT2D eigenvalue weighted by Gasteiger charge is 2.44. The maximum atomic E-state index is 12.3. The van der Waals surface area contributed by atoms with Crippen LogP contribution >= 0.6 is 11.6 Å². The Morgan fingerprint density at radius 1 is 1.35 bits per heavy atom. The van der Waals surface area contributed by atoms with Gasteiger partial charge in [0.2, 0.25) is 5.91 Å². The number of nitrogens with one attached hydrogen (secondary N) is 1. The molecule has 4 nitrogen and oxygen atoms in total. The van der Waals surface area contributed by atoms with Crippen molar-refractivity contribution in [3.05, 3.63) is 58.4 Å². The van der Waals surface area contributed by atoms with Crippen molar-refractivity contribution in [2.75, 3.05) is 6.54 Å². The lowest BCUT2D eigenvalue weighted by Gasteiger charge is -2.15. The third kappa shape index (κ3) is 4.18. The summed E-state index contributed by atoms with van der Waals surface area (Å²) in [5.74, 6) is 0.360. The lowest BCUT2D eigenvalue weighted by atomic mass is 9.96. The van der Waals surface area contributed by atoms with E-state index in [-0.39, 0.29) is 11.3 Å². The van der Waals surface area contributed by atoms with E-state index in [1.807, 2.05) is 13.0 Å². The second kappa shape index (κ2) is 7.67. The minimum absolute atomic E-state index is 0.0979. The highest BCUT2D eigenvalue weighted by atomic mass is 35.5. The zero-order valence-corrected chi connectivity index (χ0v) is 16.4. The second-order valence-electron chi connectivity index (χ2n) is 7.56. The fourth-order valence-electron chi connectivity index (χ4n) is 3.21. The van der Waals surface area contributed by atoms with Crippen molar-refractivity contribution >= 4 is 23.6 Å². The minimum Gasteiger partial charge on any atom is -0.352 e. The molecule has 1 aromatic heterocycles. The van der Waals surface area contributed by atoms with E-state index < -0.39 is 0 Å². The van der Waals surface area contributed by atoms with Gasteiger partial charge in [0.15, 0.2) is 0 Å². The average molecular weight is 372 g/mol. The number of carbonyl (C=O) groups is 1. The number of benzene rings is 1. The van der Waals surface area contributed by atoms with Crippen molar-refractivity contribution in [1.82, 2.24) is 15.1 Å². The minimum atomic E-state index is -0.0979. The standard InChI is InChI=1S/C21H26ClN3O/c1-15(2)13-25-20(22)18(16(3)24-25)9-10-19(26)23-14-21(11-12-21)17-7-5-4-6-8-17/h4-10,15H,11-14H2,1-3H3,(H,23,26). The Morgan fingerprint density at radius 3 is 2.65 bits per heavy atom. The molecule has 0 aliphatic heterocycles. The molecule has 1 amide bonds. The average Bonchev–Trinajstić information content (AvgIpc) is 3.36. The Labute approximate surface area is 160 Å². The first-order valence-corrected chi connectivity index (χ1v) is 9.53. The third-order valence-electron chi connectivity index (χ3n) is 4.89. The van der Waals surface area contributed by atoms with Crippen molar-refractivity contribution < 1.29 is 4.79 Å². The Hall–Kier alpha value is -2.07. The van der Waals surface area contributed by atoms with Gasteiger partial charge in [0.1, 0.15) is 5.15 Å². The monoisotopic (exact) mass is 371 g/mol. The topological polar surface area (TPSA) is 46.9 Å². The number of carbonyl (C=O) groups excluding carboxylic acids is 1. The molecule has 0 radical (unpaired) electrons. The van der Waals surface area contributed by atoms with Gasteiger partial charge in [-0.05, 0) is 37.3 Å². The van der Waals surface area contributed by atoms with Crippen LogP contribution in [0, 0.1) is 12.8 Å². The predicted molar refractivity (Wildman–Crippen MR) is 106 cm³/mol. The number of halogens is 1. The van der Waals surface area contributed by atoms with Crippen molar-refractivity contribution in [2.24, 2.45) is 5.92 Å². The van der Waals surface area contributed by atoms with Crippen LogP contribution in [0.1, 0.15) is 43.5 Å². The fourth-order valence-corrected chi connectivity index (χ4v) is 3.51. The molecule has 1 aliphatic rings. The predicted octanol–water partition coefficient (Wildman–Crippen LogP) is 4.36. The molecule has 3 rings (SSSR count). The molecular weight excluding hydrogens is 346 g/mol. The summed E-state index contributed by atoms with van der Waals surface area (Å²) >= 11 is 6.41. The van der Waals surface area contributed by atoms with E-state index in [1.165, 1.54) is 5.56 Å². The molecule has 0 spiro atoms. The van der Waals surface area contributed by atoms with E-state index in [0.29, 0.717) is 17.6 Å². The normalized spacial score (nSPS) is 15.6. The number of aromatic nitrogens is 2. The molecule has 1 aliphatic carbocycles. The molecular formula is C21H26ClN3O. The first-order valence-electron chi connectivity index (χ1n) is 9.16. The Balaban J connectivity index is 1.61. The SMILES string of the molecule is Cc1nn(CC(C)C)c(Cl)c1C=CC(=O)NCC1(c2ccccc2)CC1. The zero-order chi connectivity index (χ0) is 18.7. The molecule has 138 valence electrons. The van der Waals surface area contributed by atoms with E-state index >= 15 is 0 Å². The molecule has 1 aromatic carbocycles. The molecule has 1 saturated carbocycles. The molecule has 1 heterocycles. The van der Waals surface area contributed by atoms with Gasteiger partial charge >= 0.3 is 0 Å².